The van der Waals surface area contributed by atoms with Gasteiger partial charge in [0, 0.05) is 6.04 Å². The second-order valence-corrected chi connectivity index (χ2v) is 7.22. The van der Waals surface area contributed by atoms with Gasteiger partial charge in [-0.15, -0.1) is 0 Å². The third-order valence-corrected chi connectivity index (χ3v) is 5.22. The number of aromatic nitrogens is 4. The van der Waals surface area contributed by atoms with E-state index in [1.807, 2.05) is 0 Å². The van der Waals surface area contributed by atoms with Crippen molar-refractivity contribution < 1.29 is 30.2 Å². The summed E-state index contributed by atoms with van der Waals surface area (Å²) in [4.78, 5) is 17.2. The van der Waals surface area contributed by atoms with Crippen LogP contribution < -0.4 is 5.32 Å². The summed E-state index contributed by atoms with van der Waals surface area (Å²) >= 11 is 6.09. The Kier molecular flexibility index (Phi) is 5.62. The summed E-state index contributed by atoms with van der Waals surface area (Å²) in [6, 6.07) is 0.288. The minimum absolute atomic E-state index is 0.0128. The summed E-state index contributed by atoms with van der Waals surface area (Å²) in [5, 5.41) is 40.7. The first-order valence-electron chi connectivity index (χ1n) is 8.93. The summed E-state index contributed by atoms with van der Waals surface area (Å²) < 4.78 is 7.08. The predicted molar refractivity (Wildman–Crippen MR) is 93.5 cm³/mol. The number of anilines is 1. The first-order chi connectivity index (χ1) is 13.4. The molecule has 12 nitrogen and oxygen atoms in total. The monoisotopic (exact) mass is 416 g/mol. The van der Waals surface area contributed by atoms with Crippen molar-refractivity contribution in [3.63, 3.8) is 0 Å². The molecule has 1 saturated carbocycles. The van der Waals surface area contributed by atoms with Gasteiger partial charge in [0.05, 0.1) is 11.7 Å². The third-order valence-electron chi connectivity index (χ3n) is 5.06. The van der Waals surface area contributed by atoms with Gasteiger partial charge < -0.3 is 20.3 Å². The number of rotatable bonds is 6. The summed E-state index contributed by atoms with van der Waals surface area (Å²) in [5.41, 5.74) is 0.808. The Labute approximate surface area is 164 Å². The first kappa shape index (κ1) is 19.7. The van der Waals surface area contributed by atoms with Crippen LogP contribution >= 0.6 is 11.6 Å². The van der Waals surface area contributed by atoms with E-state index < -0.39 is 36.5 Å². The maximum atomic E-state index is 10.4. The highest BCUT2D eigenvalue weighted by atomic mass is 35.5. The number of hydrogen-bond acceptors (Lipinski definition) is 11. The van der Waals surface area contributed by atoms with Gasteiger partial charge >= 0.3 is 0 Å². The Morgan fingerprint density at radius 1 is 1.25 bits per heavy atom. The van der Waals surface area contributed by atoms with Gasteiger partial charge in [-0.05, 0) is 24.4 Å². The van der Waals surface area contributed by atoms with Crippen LogP contribution in [-0.2, 0) is 9.57 Å². The van der Waals surface area contributed by atoms with Crippen LogP contribution in [0.2, 0.25) is 5.28 Å². The Morgan fingerprint density at radius 3 is 2.71 bits per heavy atom. The van der Waals surface area contributed by atoms with E-state index in [9.17, 15) is 10.2 Å². The fourth-order valence-corrected chi connectivity index (χ4v) is 3.84. The minimum Gasteiger partial charge on any atom is -0.387 e. The number of imidazole rings is 1. The number of halogens is 1. The number of nitrogens with zero attached hydrogens (tertiary/aromatic N) is 5. The lowest BCUT2D eigenvalue weighted by Gasteiger charge is -2.17. The smallest absolute Gasteiger partial charge is 0.226 e. The zero-order valence-electron chi connectivity index (χ0n) is 14.7. The van der Waals surface area contributed by atoms with Gasteiger partial charge in [0.2, 0.25) is 5.28 Å². The summed E-state index contributed by atoms with van der Waals surface area (Å²) in [6.07, 6.45) is 1.12. The Hall–Kier alpha value is -1.64. The number of nitrogens with one attached hydrogen (secondary N) is 1. The molecule has 0 amide bonds. The van der Waals surface area contributed by atoms with Crippen LogP contribution in [0.1, 0.15) is 31.9 Å². The first-order valence-corrected chi connectivity index (χ1v) is 9.31. The topological polar surface area (TPSA) is 158 Å². The van der Waals surface area contributed by atoms with Gasteiger partial charge in [0.15, 0.2) is 23.2 Å². The number of aliphatic hydroxyl groups is 2. The molecule has 1 aliphatic heterocycles. The standard InChI is InChI=1S/C15H21ClN6O6/c16-15-19-12(18-7-3-1-2-4-7)9-13(20-15)21(6-17-9)14-11(24)10(23)8(28-14)5-27-22(25)26/h6-8,10-11,14,23-26H,1-5H2,(H,18,19,20)/t8-,10-,11-,14-/m1/s1. The molecule has 0 spiro atoms. The molecule has 0 aromatic carbocycles. The fourth-order valence-electron chi connectivity index (χ4n) is 3.68. The maximum Gasteiger partial charge on any atom is 0.226 e. The van der Waals surface area contributed by atoms with Crippen LogP contribution in [0.25, 0.3) is 11.2 Å². The lowest BCUT2D eigenvalue weighted by Crippen LogP contribution is -2.35. The van der Waals surface area contributed by atoms with Crippen LogP contribution in [0.4, 0.5) is 5.82 Å². The van der Waals surface area contributed by atoms with Crippen LogP contribution in [0.5, 0.6) is 0 Å². The minimum atomic E-state index is -1.32. The summed E-state index contributed by atoms with van der Waals surface area (Å²) in [7, 11) is 0. The van der Waals surface area contributed by atoms with E-state index in [2.05, 4.69) is 25.1 Å². The molecular formula is C15H21ClN6O6. The fraction of sp³-hybridized carbons (Fsp3) is 0.667. The lowest BCUT2D eigenvalue weighted by molar-refractivity contribution is -0.496. The molecule has 1 aliphatic carbocycles. The molecule has 2 aromatic heterocycles. The molecule has 4 rings (SSSR count). The molecule has 2 aliphatic rings. The number of aliphatic hydroxyl groups excluding tert-OH is 2. The lowest BCUT2D eigenvalue weighted by atomic mass is 10.1. The molecule has 3 heterocycles. The van der Waals surface area contributed by atoms with Crippen molar-refractivity contribution in [2.45, 2.75) is 56.3 Å². The number of hydrogen-bond donors (Lipinski definition) is 5. The van der Waals surface area contributed by atoms with E-state index in [0.717, 1.165) is 25.7 Å². The van der Waals surface area contributed by atoms with Gasteiger partial charge in [-0.25, -0.2) is 9.82 Å². The molecule has 4 atom stereocenters. The van der Waals surface area contributed by atoms with E-state index in [1.165, 1.54) is 10.9 Å². The molecule has 0 radical (unpaired) electrons. The van der Waals surface area contributed by atoms with Crippen LogP contribution in [0.15, 0.2) is 6.33 Å². The van der Waals surface area contributed by atoms with Crippen LogP contribution in [-0.4, -0.2) is 76.5 Å². The number of fused-ring (bicyclic) bond motifs is 1. The van der Waals surface area contributed by atoms with E-state index >= 15 is 0 Å². The van der Waals surface area contributed by atoms with Crippen molar-refractivity contribution in [2.24, 2.45) is 0 Å². The molecule has 0 bridgehead atoms. The quantitative estimate of drug-likeness (QED) is 0.329. The maximum absolute atomic E-state index is 10.4. The van der Waals surface area contributed by atoms with E-state index in [-0.39, 0.29) is 11.3 Å². The van der Waals surface area contributed by atoms with Crippen molar-refractivity contribution in [3.05, 3.63) is 11.6 Å². The summed E-state index contributed by atoms with van der Waals surface area (Å²) in [5.74, 6) is 0.504. The van der Waals surface area contributed by atoms with Crippen molar-refractivity contribution in [1.29, 1.82) is 0 Å². The Balaban J connectivity index is 1.61. The molecule has 13 heteroatoms. The van der Waals surface area contributed by atoms with E-state index in [1.54, 1.807) is 0 Å². The molecule has 1 saturated heterocycles. The average molecular weight is 417 g/mol. The van der Waals surface area contributed by atoms with Crippen molar-refractivity contribution in [2.75, 3.05) is 11.9 Å². The van der Waals surface area contributed by atoms with Crippen LogP contribution in [0, 0.1) is 0 Å². The highest BCUT2D eigenvalue weighted by Gasteiger charge is 2.44. The molecule has 5 N–H and O–H groups in total. The van der Waals surface area contributed by atoms with Gasteiger partial charge in [-0.1, -0.05) is 12.8 Å². The SMILES string of the molecule is O[C@@H]1[C@H](O)[C@@H](CON(O)O)O[C@H]1n1cnc2c(NC3CCCC3)nc(Cl)nc21. The Bertz CT molecular complexity index is 831. The van der Waals surface area contributed by atoms with Gasteiger partial charge in [0.25, 0.3) is 0 Å². The van der Waals surface area contributed by atoms with Crippen molar-refractivity contribution >= 4 is 28.6 Å². The normalized spacial score (nSPS) is 28.6. The van der Waals surface area contributed by atoms with Gasteiger partial charge in [-0.2, -0.15) is 9.97 Å². The molecule has 2 aromatic rings. The van der Waals surface area contributed by atoms with Crippen molar-refractivity contribution in [3.8, 4) is 0 Å². The average Bonchev–Trinajstić information content (AvgIpc) is 3.35. The highest BCUT2D eigenvalue weighted by molar-refractivity contribution is 6.28. The van der Waals surface area contributed by atoms with Gasteiger partial charge in [-0.3, -0.25) is 15.0 Å². The molecule has 0 unspecified atom stereocenters. The zero-order valence-corrected chi connectivity index (χ0v) is 15.5. The van der Waals surface area contributed by atoms with Crippen LogP contribution in [0.3, 0.4) is 0 Å². The largest absolute Gasteiger partial charge is 0.387 e. The second kappa shape index (κ2) is 8.00. The van der Waals surface area contributed by atoms with Gasteiger partial charge in [0.1, 0.15) is 24.9 Å². The van der Waals surface area contributed by atoms with Crippen molar-refractivity contribution in [1.82, 2.24) is 24.9 Å². The van der Waals surface area contributed by atoms with E-state index in [4.69, 9.17) is 26.8 Å². The molecule has 2 fully saturated rings. The number of ether oxygens (including phenoxy) is 1. The molecular weight excluding hydrogens is 396 g/mol. The molecule has 154 valence electrons. The molecule has 28 heavy (non-hydrogen) atoms. The van der Waals surface area contributed by atoms with E-state index in [0.29, 0.717) is 17.0 Å². The zero-order chi connectivity index (χ0) is 19.8. The summed E-state index contributed by atoms with van der Waals surface area (Å²) in [6.45, 7) is -0.390. The third kappa shape index (κ3) is 3.77. The second-order valence-electron chi connectivity index (χ2n) is 6.89. The predicted octanol–water partition coefficient (Wildman–Crippen LogP) is 0.465. The highest BCUT2D eigenvalue weighted by Crippen LogP contribution is 2.33. The Morgan fingerprint density at radius 2 is 2.00 bits per heavy atom.